The molecule has 6 heteroatoms. The van der Waals surface area contributed by atoms with Gasteiger partial charge in [0.1, 0.15) is 5.82 Å². The number of hydrogen-bond acceptors (Lipinski definition) is 3. The summed E-state index contributed by atoms with van der Waals surface area (Å²) in [6.07, 6.45) is 1.19. The van der Waals surface area contributed by atoms with Crippen LogP contribution < -0.4 is 4.72 Å². The Morgan fingerprint density at radius 1 is 1.00 bits per heavy atom. The van der Waals surface area contributed by atoms with E-state index in [0.717, 1.165) is 5.56 Å². The molecule has 2 aromatic rings. The van der Waals surface area contributed by atoms with Crippen molar-refractivity contribution in [2.45, 2.75) is 24.5 Å². The molecule has 2 aromatic carbocycles. The van der Waals surface area contributed by atoms with Crippen LogP contribution >= 0.6 is 0 Å². The van der Waals surface area contributed by atoms with Gasteiger partial charge in [0.05, 0.1) is 5.75 Å². The third kappa shape index (κ3) is 6.03. The fourth-order valence-electron chi connectivity index (χ4n) is 2.60. The highest BCUT2D eigenvalue weighted by atomic mass is 32.2. The van der Waals surface area contributed by atoms with Gasteiger partial charge in [-0.2, -0.15) is 0 Å². The van der Waals surface area contributed by atoms with Crippen molar-refractivity contribution in [3.63, 3.8) is 0 Å². The molecule has 0 saturated heterocycles. The van der Waals surface area contributed by atoms with Gasteiger partial charge in [0, 0.05) is 13.2 Å². The minimum Gasteiger partial charge on any atom is -0.396 e. The fourth-order valence-corrected chi connectivity index (χ4v) is 3.76. The smallest absolute Gasteiger partial charge is 0.215 e. The van der Waals surface area contributed by atoms with Crippen LogP contribution in [-0.4, -0.2) is 26.7 Å². The lowest BCUT2D eigenvalue weighted by Crippen LogP contribution is -2.27. The van der Waals surface area contributed by atoms with Crippen molar-refractivity contribution in [2.75, 3.05) is 13.2 Å². The molecule has 0 aliphatic carbocycles. The van der Waals surface area contributed by atoms with Crippen LogP contribution in [0.1, 0.15) is 29.9 Å². The Hall–Kier alpha value is -1.76. The molecule has 0 amide bonds. The highest BCUT2D eigenvalue weighted by molar-refractivity contribution is 7.88. The fraction of sp³-hybridized carbons (Fsp3) is 0.333. The number of benzene rings is 2. The van der Waals surface area contributed by atoms with Gasteiger partial charge in [-0.25, -0.2) is 17.5 Å². The molecule has 0 saturated carbocycles. The lowest BCUT2D eigenvalue weighted by molar-refractivity contribution is 0.273. The third-order valence-corrected chi connectivity index (χ3v) is 5.19. The molecular formula is C18H22FNO3S. The molecule has 0 bridgehead atoms. The van der Waals surface area contributed by atoms with Gasteiger partial charge in [0.15, 0.2) is 0 Å². The molecule has 130 valence electrons. The molecule has 0 radical (unpaired) electrons. The van der Waals surface area contributed by atoms with Gasteiger partial charge in [0.25, 0.3) is 0 Å². The van der Waals surface area contributed by atoms with Crippen LogP contribution in [0.2, 0.25) is 0 Å². The zero-order chi connectivity index (χ0) is 17.4. The van der Waals surface area contributed by atoms with Gasteiger partial charge in [0.2, 0.25) is 10.0 Å². The van der Waals surface area contributed by atoms with Crippen molar-refractivity contribution in [3.05, 3.63) is 71.5 Å². The SMILES string of the molecule is O=S(=O)(Cc1ccc(F)cc1)NCCC(CCO)c1ccccc1. The molecule has 0 aliphatic heterocycles. The van der Waals surface area contributed by atoms with Crippen LogP contribution in [0.4, 0.5) is 4.39 Å². The van der Waals surface area contributed by atoms with E-state index in [1.165, 1.54) is 24.3 Å². The van der Waals surface area contributed by atoms with Crippen LogP contribution in [0.3, 0.4) is 0 Å². The largest absolute Gasteiger partial charge is 0.396 e. The zero-order valence-electron chi connectivity index (χ0n) is 13.4. The molecule has 2 rings (SSSR count). The van der Waals surface area contributed by atoms with Crippen LogP contribution in [0.25, 0.3) is 0 Å². The van der Waals surface area contributed by atoms with Crippen molar-refractivity contribution >= 4 is 10.0 Å². The zero-order valence-corrected chi connectivity index (χ0v) is 14.2. The molecule has 0 fully saturated rings. The lowest BCUT2D eigenvalue weighted by Gasteiger charge is -2.16. The van der Waals surface area contributed by atoms with E-state index in [9.17, 15) is 17.9 Å². The predicted molar refractivity (Wildman–Crippen MR) is 92.5 cm³/mol. The standard InChI is InChI=1S/C18H22FNO3S/c19-18-8-6-15(7-9-18)14-24(22,23)20-12-10-17(11-13-21)16-4-2-1-3-5-16/h1-9,17,20-21H,10-14H2. The summed E-state index contributed by atoms with van der Waals surface area (Å²) in [5, 5.41) is 9.21. The number of rotatable bonds is 9. The molecule has 0 spiro atoms. The summed E-state index contributed by atoms with van der Waals surface area (Å²) in [5.41, 5.74) is 1.63. The molecule has 0 heterocycles. The summed E-state index contributed by atoms with van der Waals surface area (Å²) in [5.74, 6) is -0.466. The van der Waals surface area contributed by atoms with Crippen molar-refractivity contribution in [3.8, 4) is 0 Å². The maximum Gasteiger partial charge on any atom is 0.215 e. The second-order valence-corrected chi connectivity index (χ2v) is 7.50. The Morgan fingerprint density at radius 2 is 1.67 bits per heavy atom. The first-order valence-corrected chi connectivity index (χ1v) is 9.53. The van der Waals surface area contributed by atoms with E-state index in [1.807, 2.05) is 30.3 Å². The maximum absolute atomic E-state index is 12.9. The summed E-state index contributed by atoms with van der Waals surface area (Å²) >= 11 is 0. The first kappa shape index (κ1) is 18.6. The Morgan fingerprint density at radius 3 is 2.29 bits per heavy atom. The molecule has 2 N–H and O–H groups in total. The molecule has 4 nitrogen and oxygen atoms in total. The molecule has 1 atom stereocenters. The summed E-state index contributed by atoms with van der Waals surface area (Å²) < 4.78 is 39.6. The van der Waals surface area contributed by atoms with Crippen LogP contribution in [-0.2, 0) is 15.8 Å². The average Bonchev–Trinajstić information content (AvgIpc) is 2.57. The van der Waals surface area contributed by atoms with E-state index >= 15 is 0 Å². The molecule has 24 heavy (non-hydrogen) atoms. The van der Waals surface area contributed by atoms with Crippen LogP contribution in [0.15, 0.2) is 54.6 Å². The lowest BCUT2D eigenvalue weighted by atomic mass is 9.93. The number of halogens is 1. The Kier molecular flexibility index (Phi) is 6.90. The van der Waals surface area contributed by atoms with Gasteiger partial charge in [-0.1, -0.05) is 42.5 Å². The number of hydrogen-bond donors (Lipinski definition) is 2. The Bertz CT molecular complexity index is 718. The van der Waals surface area contributed by atoms with E-state index in [4.69, 9.17) is 0 Å². The molecular weight excluding hydrogens is 329 g/mol. The number of nitrogens with one attached hydrogen (secondary N) is 1. The number of aliphatic hydroxyl groups is 1. The van der Waals surface area contributed by atoms with Crippen molar-refractivity contribution < 1.29 is 17.9 Å². The maximum atomic E-state index is 12.9. The summed E-state index contributed by atoms with van der Waals surface area (Å²) in [6, 6.07) is 15.2. The minimum absolute atomic E-state index is 0.0574. The van der Waals surface area contributed by atoms with E-state index in [2.05, 4.69) is 4.72 Å². The average molecular weight is 351 g/mol. The number of sulfonamides is 1. The summed E-state index contributed by atoms with van der Waals surface area (Å²) in [7, 11) is -3.48. The second-order valence-electron chi connectivity index (χ2n) is 5.69. The van der Waals surface area contributed by atoms with Gasteiger partial charge in [-0.05, 0) is 42.0 Å². The highest BCUT2D eigenvalue weighted by Gasteiger charge is 2.15. The third-order valence-electron chi connectivity index (χ3n) is 3.83. The van der Waals surface area contributed by atoms with Gasteiger partial charge < -0.3 is 5.11 Å². The normalized spacial score (nSPS) is 12.9. The van der Waals surface area contributed by atoms with Gasteiger partial charge in [-0.15, -0.1) is 0 Å². The summed E-state index contributed by atoms with van der Waals surface area (Å²) in [6.45, 7) is 0.352. The van der Waals surface area contributed by atoms with Gasteiger partial charge in [-0.3, -0.25) is 0 Å². The Labute approximate surface area is 142 Å². The van der Waals surface area contributed by atoms with Crippen LogP contribution in [0.5, 0.6) is 0 Å². The van der Waals surface area contributed by atoms with E-state index in [0.29, 0.717) is 24.9 Å². The minimum atomic E-state index is -3.48. The highest BCUT2D eigenvalue weighted by Crippen LogP contribution is 2.22. The van der Waals surface area contributed by atoms with E-state index < -0.39 is 10.0 Å². The number of aliphatic hydroxyl groups excluding tert-OH is 1. The first-order valence-electron chi connectivity index (χ1n) is 7.88. The quantitative estimate of drug-likeness (QED) is 0.730. The van der Waals surface area contributed by atoms with Crippen molar-refractivity contribution in [1.82, 2.24) is 4.72 Å². The first-order chi connectivity index (χ1) is 11.5. The van der Waals surface area contributed by atoms with E-state index in [-0.39, 0.29) is 24.1 Å². The summed E-state index contributed by atoms with van der Waals surface area (Å²) in [4.78, 5) is 0. The molecule has 0 aromatic heterocycles. The monoisotopic (exact) mass is 351 g/mol. The molecule has 1 unspecified atom stereocenters. The predicted octanol–water partition coefficient (Wildman–Crippen LogP) is 2.80. The van der Waals surface area contributed by atoms with E-state index in [1.54, 1.807) is 0 Å². The topological polar surface area (TPSA) is 66.4 Å². The Balaban J connectivity index is 1.89. The van der Waals surface area contributed by atoms with Gasteiger partial charge >= 0.3 is 0 Å². The molecule has 0 aliphatic rings. The van der Waals surface area contributed by atoms with Crippen molar-refractivity contribution in [2.24, 2.45) is 0 Å². The second kappa shape index (κ2) is 8.92. The van der Waals surface area contributed by atoms with Crippen LogP contribution in [0, 0.1) is 5.82 Å². The van der Waals surface area contributed by atoms with Crippen molar-refractivity contribution in [1.29, 1.82) is 0 Å².